The summed E-state index contributed by atoms with van der Waals surface area (Å²) in [6, 6.07) is 0.116. The Balaban J connectivity index is 2.07. The lowest BCUT2D eigenvalue weighted by atomic mass is 9.63. The number of carbonyl (C=O) groups excluding carboxylic acids is 1. The second-order valence-corrected chi connectivity index (χ2v) is 7.90. The van der Waals surface area contributed by atoms with E-state index in [1.807, 2.05) is 13.8 Å². The molecule has 2 rings (SSSR count). The Hall–Kier alpha value is -1.32. The predicted octanol–water partition coefficient (Wildman–Crippen LogP) is 3.66. The van der Waals surface area contributed by atoms with Gasteiger partial charge in [0.05, 0.1) is 5.69 Å². The van der Waals surface area contributed by atoms with Crippen molar-refractivity contribution in [1.82, 2.24) is 15.1 Å². The minimum absolute atomic E-state index is 0.111. The monoisotopic (exact) mass is 277 g/mol. The molecular weight excluding hydrogens is 250 g/mol. The highest BCUT2D eigenvalue weighted by Gasteiger charge is 2.39. The average Bonchev–Trinajstić information content (AvgIpc) is 2.54. The molecule has 1 aromatic rings. The quantitative estimate of drug-likeness (QED) is 0.851. The minimum Gasteiger partial charge on any atom is -0.333 e. The van der Waals surface area contributed by atoms with Crippen LogP contribution >= 0.6 is 0 Å². The van der Waals surface area contributed by atoms with Crippen LogP contribution in [-0.2, 0) is 0 Å². The van der Waals surface area contributed by atoms with Crippen LogP contribution in [0.5, 0.6) is 0 Å². The van der Waals surface area contributed by atoms with Gasteiger partial charge in [0.1, 0.15) is 0 Å². The van der Waals surface area contributed by atoms with Crippen molar-refractivity contribution < 1.29 is 4.79 Å². The van der Waals surface area contributed by atoms with Gasteiger partial charge in [-0.25, -0.2) is 4.79 Å². The highest BCUT2D eigenvalue weighted by Crippen LogP contribution is 2.45. The Morgan fingerprint density at radius 2 is 1.80 bits per heavy atom. The lowest BCUT2D eigenvalue weighted by Gasteiger charge is -2.45. The molecular formula is C16H27N3O. The summed E-state index contributed by atoms with van der Waals surface area (Å²) in [5, 5.41) is 7.40. The van der Waals surface area contributed by atoms with E-state index in [4.69, 9.17) is 0 Å². The molecule has 0 spiro atoms. The van der Waals surface area contributed by atoms with Crippen LogP contribution in [0.25, 0.3) is 0 Å². The van der Waals surface area contributed by atoms with E-state index in [-0.39, 0.29) is 22.9 Å². The lowest BCUT2D eigenvalue weighted by Crippen LogP contribution is -2.47. The van der Waals surface area contributed by atoms with Gasteiger partial charge < -0.3 is 5.32 Å². The first-order valence-electron chi connectivity index (χ1n) is 7.42. The van der Waals surface area contributed by atoms with E-state index in [0.29, 0.717) is 0 Å². The molecule has 0 aliphatic heterocycles. The van der Waals surface area contributed by atoms with Gasteiger partial charge in [-0.05, 0) is 49.5 Å². The SMILES string of the molecule is Cc1cn(C(=O)NC2CC(C)(C)CC(C)(C)C2)nc1C. The molecule has 1 saturated carbocycles. The third kappa shape index (κ3) is 3.41. The average molecular weight is 277 g/mol. The summed E-state index contributed by atoms with van der Waals surface area (Å²) in [7, 11) is 0. The summed E-state index contributed by atoms with van der Waals surface area (Å²) in [5.74, 6) is 0. The standard InChI is InChI=1S/C16H27N3O/c1-11-9-19(18-12(11)2)14(20)17-13-7-15(3,4)10-16(5,6)8-13/h9,13H,7-8,10H2,1-6H3,(H,17,20). The van der Waals surface area contributed by atoms with Crippen molar-refractivity contribution in [3.8, 4) is 0 Å². The Morgan fingerprint density at radius 1 is 1.25 bits per heavy atom. The summed E-state index contributed by atoms with van der Waals surface area (Å²) >= 11 is 0. The first-order valence-corrected chi connectivity index (χ1v) is 7.42. The number of carbonyl (C=O) groups is 1. The topological polar surface area (TPSA) is 46.9 Å². The molecule has 1 fully saturated rings. The predicted molar refractivity (Wildman–Crippen MR) is 80.8 cm³/mol. The highest BCUT2D eigenvalue weighted by molar-refractivity contribution is 5.76. The molecule has 1 N–H and O–H groups in total. The van der Waals surface area contributed by atoms with E-state index in [0.717, 1.165) is 24.1 Å². The van der Waals surface area contributed by atoms with Crippen molar-refractivity contribution in [3.63, 3.8) is 0 Å². The molecule has 0 radical (unpaired) electrons. The molecule has 1 heterocycles. The van der Waals surface area contributed by atoms with Crippen LogP contribution in [0.4, 0.5) is 4.79 Å². The number of nitrogens with one attached hydrogen (secondary N) is 1. The molecule has 112 valence electrons. The van der Waals surface area contributed by atoms with E-state index in [1.165, 1.54) is 11.1 Å². The van der Waals surface area contributed by atoms with E-state index in [9.17, 15) is 4.79 Å². The maximum absolute atomic E-state index is 12.3. The van der Waals surface area contributed by atoms with Crippen molar-refractivity contribution in [2.24, 2.45) is 10.8 Å². The Bertz CT molecular complexity index is 478. The van der Waals surface area contributed by atoms with Crippen molar-refractivity contribution in [2.45, 2.75) is 66.8 Å². The number of hydrogen-bond donors (Lipinski definition) is 1. The van der Waals surface area contributed by atoms with E-state index in [2.05, 4.69) is 38.1 Å². The lowest BCUT2D eigenvalue weighted by molar-refractivity contribution is 0.0881. The molecule has 1 aliphatic rings. The van der Waals surface area contributed by atoms with Crippen LogP contribution in [0.3, 0.4) is 0 Å². The number of rotatable bonds is 1. The fraction of sp³-hybridized carbons (Fsp3) is 0.750. The first-order chi connectivity index (χ1) is 9.08. The molecule has 4 heteroatoms. The fourth-order valence-corrected chi connectivity index (χ4v) is 3.84. The van der Waals surface area contributed by atoms with Crippen LogP contribution in [0.1, 0.15) is 58.2 Å². The van der Waals surface area contributed by atoms with Crippen molar-refractivity contribution in [3.05, 3.63) is 17.5 Å². The zero-order valence-electron chi connectivity index (χ0n) is 13.6. The van der Waals surface area contributed by atoms with Gasteiger partial charge in [-0.2, -0.15) is 9.78 Å². The van der Waals surface area contributed by atoms with Crippen molar-refractivity contribution in [2.75, 3.05) is 0 Å². The van der Waals surface area contributed by atoms with Gasteiger partial charge in [-0.15, -0.1) is 0 Å². The van der Waals surface area contributed by atoms with Crippen LogP contribution in [0.2, 0.25) is 0 Å². The molecule has 1 amide bonds. The molecule has 0 atom stereocenters. The van der Waals surface area contributed by atoms with Gasteiger partial charge >= 0.3 is 6.03 Å². The summed E-state index contributed by atoms with van der Waals surface area (Å²) < 4.78 is 1.43. The van der Waals surface area contributed by atoms with Crippen LogP contribution in [-0.4, -0.2) is 21.9 Å². The first kappa shape index (κ1) is 15.1. The maximum atomic E-state index is 12.3. The molecule has 0 bridgehead atoms. The number of aryl methyl sites for hydroxylation is 2. The summed E-state index contributed by atoms with van der Waals surface area (Å²) in [4.78, 5) is 12.3. The fourth-order valence-electron chi connectivity index (χ4n) is 3.84. The summed E-state index contributed by atoms with van der Waals surface area (Å²) in [6.07, 6.45) is 5.05. The summed E-state index contributed by atoms with van der Waals surface area (Å²) in [5.41, 5.74) is 2.50. The summed E-state index contributed by atoms with van der Waals surface area (Å²) in [6.45, 7) is 13.0. The Kier molecular flexibility index (Phi) is 3.69. The van der Waals surface area contributed by atoms with Crippen molar-refractivity contribution >= 4 is 6.03 Å². The number of aromatic nitrogens is 2. The van der Waals surface area contributed by atoms with Gasteiger partial charge in [-0.3, -0.25) is 0 Å². The molecule has 0 saturated heterocycles. The molecule has 0 unspecified atom stereocenters. The smallest absolute Gasteiger partial charge is 0.333 e. The van der Waals surface area contributed by atoms with Gasteiger partial charge in [0, 0.05) is 12.2 Å². The largest absolute Gasteiger partial charge is 0.342 e. The van der Waals surface area contributed by atoms with E-state index in [1.54, 1.807) is 6.20 Å². The number of nitrogens with zero attached hydrogens (tertiary/aromatic N) is 2. The van der Waals surface area contributed by atoms with Crippen LogP contribution < -0.4 is 5.32 Å². The highest BCUT2D eigenvalue weighted by atomic mass is 16.2. The third-order valence-corrected chi connectivity index (χ3v) is 4.24. The minimum atomic E-state index is -0.111. The van der Waals surface area contributed by atoms with Gasteiger partial charge in [0.2, 0.25) is 0 Å². The van der Waals surface area contributed by atoms with E-state index < -0.39 is 0 Å². The second kappa shape index (κ2) is 4.90. The normalized spacial score (nSPS) is 21.7. The van der Waals surface area contributed by atoms with Gasteiger partial charge in [0.15, 0.2) is 0 Å². The van der Waals surface area contributed by atoms with Crippen LogP contribution in [0.15, 0.2) is 6.20 Å². The molecule has 1 aromatic heterocycles. The third-order valence-electron chi connectivity index (χ3n) is 4.24. The Morgan fingerprint density at radius 3 is 2.25 bits per heavy atom. The second-order valence-electron chi connectivity index (χ2n) is 7.90. The Labute approximate surface area is 121 Å². The van der Waals surface area contributed by atoms with Gasteiger partial charge in [0.25, 0.3) is 0 Å². The number of hydrogen-bond acceptors (Lipinski definition) is 2. The molecule has 0 aromatic carbocycles. The van der Waals surface area contributed by atoms with Gasteiger partial charge in [-0.1, -0.05) is 27.7 Å². The zero-order chi connectivity index (χ0) is 15.1. The molecule has 4 nitrogen and oxygen atoms in total. The molecule has 20 heavy (non-hydrogen) atoms. The zero-order valence-corrected chi connectivity index (χ0v) is 13.6. The molecule has 1 aliphatic carbocycles. The number of amides is 1. The van der Waals surface area contributed by atoms with Crippen LogP contribution in [0, 0.1) is 24.7 Å². The van der Waals surface area contributed by atoms with Crippen molar-refractivity contribution in [1.29, 1.82) is 0 Å². The maximum Gasteiger partial charge on any atom is 0.342 e. The van der Waals surface area contributed by atoms with E-state index >= 15 is 0 Å².